The van der Waals surface area contributed by atoms with Crippen LogP contribution in [0.15, 0.2) is 48.7 Å². The van der Waals surface area contributed by atoms with Crippen molar-refractivity contribution in [2.45, 2.75) is 64.6 Å². The predicted molar refractivity (Wildman–Crippen MR) is 112 cm³/mol. The fraction of sp³-hybridized carbons (Fsp3) is 0.500. The van der Waals surface area contributed by atoms with Crippen LogP contribution in [0.4, 0.5) is 4.79 Å². The van der Waals surface area contributed by atoms with Gasteiger partial charge in [-0.1, -0.05) is 43.8 Å². The van der Waals surface area contributed by atoms with Crippen molar-refractivity contribution in [1.29, 1.82) is 0 Å². The quantitative estimate of drug-likeness (QED) is 0.451. The van der Waals surface area contributed by atoms with Gasteiger partial charge in [-0.05, 0) is 51.0 Å². The Hall–Kier alpha value is -2.14. The fourth-order valence-electron chi connectivity index (χ4n) is 3.44. The summed E-state index contributed by atoms with van der Waals surface area (Å²) in [6.07, 6.45) is 1.94. The molecule has 1 heterocycles. The van der Waals surface area contributed by atoms with E-state index in [0.717, 1.165) is 12.0 Å². The molecule has 2 amide bonds. The van der Waals surface area contributed by atoms with Crippen LogP contribution in [0.2, 0.25) is 19.6 Å². The van der Waals surface area contributed by atoms with Crippen LogP contribution in [0.3, 0.4) is 0 Å². The molecule has 0 bridgehead atoms. The normalized spacial score (nSPS) is 21.6. The minimum absolute atomic E-state index is 0.248. The molecule has 0 radical (unpaired) electrons. The number of amides is 2. The van der Waals surface area contributed by atoms with Gasteiger partial charge in [0.05, 0.1) is 18.1 Å². The zero-order valence-electron chi connectivity index (χ0n) is 17.5. The molecule has 1 aliphatic rings. The van der Waals surface area contributed by atoms with E-state index in [1.54, 1.807) is 0 Å². The molecule has 4 atom stereocenters. The second-order valence-corrected chi connectivity index (χ2v) is 12.7. The Morgan fingerprint density at radius 3 is 2.57 bits per heavy atom. The Labute approximate surface area is 169 Å². The average molecular weight is 402 g/mol. The van der Waals surface area contributed by atoms with Crippen molar-refractivity contribution in [3.8, 4) is 0 Å². The number of carbonyl (C=O) groups is 2. The topological polar surface area (TPSA) is 55.8 Å². The number of allylic oxidation sites excluding steroid dienone is 1. The van der Waals surface area contributed by atoms with Gasteiger partial charge in [-0.2, -0.15) is 0 Å². The molecule has 5 nitrogen and oxygen atoms in total. The highest BCUT2D eigenvalue weighted by Gasteiger charge is 2.46. The van der Waals surface area contributed by atoms with Gasteiger partial charge in [0.2, 0.25) is 5.91 Å². The van der Waals surface area contributed by atoms with Gasteiger partial charge in [-0.25, -0.2) is 9.69 Å². The molecule has 1 fully saturated rings. The van der Waals surface area contributed by atoms with Gasteiger partial charge in [-0.15, -0.1) is 5.73 Å². The molecule has 0 spiro atoms. The third-order valence-electron chi connectivity index (χ3n) is 4.83. The lowest BCUT2D eigenvalue weighted by Gasteiger charge is -2.32. The first-order chi connectivity index (χ1) is 13.2. The molecule has 1 aromatic rings. The number of hydrogen-bond acceptors (Lipinski definition) is 4. The van der Waals surface area contributed by atoms with E-state index < -0.39 is 26.4 Å². The molecule has 28 heavy (non-hydrogen) atoms. The molecule has 0 N–H and O–H groups in total. The highest BCUT2D eigenvalue weighted by atomic mass is 28.4. The summed E-state index contributed by atoms with van der Waals surface area (Å²) in [6.45, 7) is 13.6. The number of hydrogen-bond donors (Lipinski definition) is 0. The van der Waals surface area contributed by atoms with Crippen LogP contribution in [0.1, 0.15) is 38.4 Å². The zero-order chi connectivity index (χ0) is 20.9. The summed E-state index contributed by atoms with van der Waals surface area (Å²) < 4.78 is 11.8. The second-order valence-electron chi connectivity index (χ2n) is 8.21. The van der Waals surface area contributed by atoms with Gasteiger partial charge < -0.3 is 9.16 Å². The maximum absolute atomic E-state index is 13.2. The summed E-state index contributed by atoms with van der Waals surface area (Å²) in [5.41, 5.74) is 3.64. The van der Waals surface area contributed by atoms with Crippen molar-refractivity contribution in [3.05, 3.63) is 54.3 Å². The Kier molecular flexibility index (Phi) is 7.41. The molecule has 1 aliphatic heterocycles. The number of benzene rings is 1. The summed E-state index contributed by atoms with van der Waals surface area (Å²) in [4.78, 5) is 27.0. The van der Waals surface area contributed by atoms with Crippen molar-refractivity contribution in [2.24, 2.45) is 5.92 Å². The first-order valence-electron chi connectivity index (χ1n) is 9.76. The van der Waals surface area contributed by atoms with Crippen molar-refractivity contribution in [1.82, 2.24) is 4.90 Å². The molecule has 0 aromatic heterocycles. The third-order valence-corrected chi connectivity index (χ3v) is 5.84. The summed E-state index contributed by atoms with van der Waals surface area (Å²) in [6, 6.07) is 9.15. The minimum atomic E-state index is -1.87. The van der Waals surface area contributed by atoms with Crippen molar-refractivity contribution >= 4 is 20.3 Å². The van der Waals surface area contributed by atoms with Crippen LogP contribution < -0.4 is 0 Å². The lowest BCUT2D eigenvalue weighted by Crippen LogP contribution is -2.46. The Morgan fingerprint density at radius 2 is 2.00 bits per heavy atom. The smallest absolute Gasteiger partial charge is 0.417 e. The van der Waals surface area contributed by atoms with Crippen LogP contribution in [0.25, 0.3) is 0 Å². The number of cyclic esters (lactones) is 1. The Morgan fingerprint density at radius 1 is 1.36 bits per heavy atom. The van der Waals surface area contributed by atoms with Crippen LogP contribution in [-0.4, -0.2) is 37.4 Å². The minimum Gasteiger partial charge on any atom is -0.439 e. The maximum Gasteiger partial charge on any atom is 0.417 e. The molecule has 0 saturated carbocycles. The van der Waals surface area contributed by atoms with Gasteiger partial charge >= 0.3 is 6.09 Å². The van der Waals surface area contributed by atoms with Gasteiger partial charge in [0.15, 0.2) is 8.32 Å². The monoisotopic (exact) mass is 401 g/mol. The summed E-state index contributed by atoms with van der Waals surface area (Å²) in [5.74, 6) is -0.698. The van der Waals surface area contributed by atoms with Gasteiger partial charge in [0, 0.05) is 0 Å². The Balaban J connectivity index is 2.18. The molecule has 6 heteroatoms. The van der Waals surface area contributed by atoms with E-state index in [1.165, 1.54) is 4.90 Å². The van der Waals surface area contributed by atoms with E-state index in [9.17, 15) is 9.59 Å². The Bertz CT molecular complexity index is 737. The van der Waals surface area contributed by atoms with Gasteiger partial charge in [-0.3, -0.25) is 4.79 Å². The van der Waals surface area contributed by atoms with E-state index in [-0.39, 0.29) is 18.1 Å². The highest BCUT2D eigenvalue weighted by Crippen LogP contribution is 2.34. The molecule has 152 valence electrons. The second kappa shape index (κ2) is 9.37. The molecular formula is C22H31NO4Si. The molecule has 1 aromatic carbocycles. The molecule has 1 saturated heterocycles. The van der Waals surface area contributed by atoms with Crippen molar-refractivity contribution in [3.63, 3.8) is 0 Å². The van der Waals surface area contributed by atoms with E-state index in [4.69, 9.17) is 9.16 Å². The number of imide groups is 1. The number of nitrogens with zero attached hydrogens (tertiary/aromatic N) is 1. The standard InChI is InChI=1S/C22H31NO4Si/c1-7-8-10-15-19(27-28(4,5)6)16(2)21(24)23-17(3)20(26-22(23)25)18-13-11-9-12-14-18/h8-9,11-14,16-17,19-20H,1,10,15H2,2-6H3/t16-,17-,19+,20-/m1/s1. The van der Waals surface area contributed by atoms with Crippen LogP contribution >= 0.6 is 0 Å². The summed E-state index contributed by atoms with van der Waals surface area (Å²) in [7, 11) is -1.87. The number of carbonyl (C=O) groups excluding carboxylic acids is 2. The van der Waals surface area contributed by atoms with Crippen molar-refractivity contribution in [2.75, 3.05) is 0 Å². The molecular weight excluding hydrogens is 370 g/mol. The van der Waals surface area contributed by atoms with Crippen LogP contribution in [0, 0.1) is 5.92 Å². The molecule has 0 unspecified atom stereocenters. The van der Waals surface area contributed by atoms with Crippen LogP contribution in [-0.2, 0) is 14.0 Å². The maximum atomic E-state index is 13.2. The average Bonchev–Trinajstić information content (AvgIpc) is 2.94. The summed E-state index contributed by atoms with van der Waals surface area (Å²) in [5, 5.41) is 0. The number of rotatable bonds is 8. The van der Waals surface area contributed by atoms with Gasteiger partial charge in [0.25, 0.3) is 0 Å². The van der Waals surface area contributed by atoms with E-state index in [1.807, 2.05) is 50.3 Å². The SMILES string of the molecule is C=C=CCC[C@H](O[Si](C)(C)C)[C@@H](C)C(=O)N1C(=O)O[C@@H](c2ccccc2)[C@H]1C. The van der Waals surface area contributed by atoms with E-state index in [2.05, 4.69) is 32.0 Å². The van der Waals surface area contributed by atoms with E-state index >= 15 is 0 Å². The number of ether oxygens (including phenoxy) is 1. The summed E-state index contributed by atoms with van der Waals surface area (Å²) >= 11 is 0. The predicted octanol–water partition coefficient (Wildman–Crippen LogP) is 5.07. The lowest BCUT2D eigenvalue weighted by molar-refractivity contribution is -0.136. The lowest BCUT2D eigenvalue weighted by atomic mass is 9.97. The van der Waals surface area contributed by atoms with Crippen LogP contribution in [0.5, 0.6) is 0 Å². The largest absolute Gasteiger partial charge is 0.439 e. The first kappa shape index (κ1) is 22.1. The van der Waals surface area contributed by atoms with E-state index in [0.29, 0.717) is 6.42 Å². The highest BCUT2D eigenvalue weighted by molar-refractivity contribution is 6.69. The fourth-order valence-corrected chi connectivity index (χ4v) is 4.67. The van der Waals surface area contributed by atoms with Crippen molar-refractivity contribution < 1.29 is 18.8 Å². The van der Waals surface area contributed by atoms with Gasteiger partial charge in [0.1, 0.15) is 6.10 Å². The zero-order valence-corrected chi connectivity index (χ0v) is 18.5. The third kappa shape index (κ3) is 5.44. The molecule has 2 rings (SSSR count). The molecule has 0 aliphatic carbocycles. The first-order valence-corrected chi connectivity index (χ1v) is 13.2.